The van der Waals surface area contributed by atoms with Crippen molar-refractivity contribution in [2.75, 3.05) is 0 Å². The highest BCUT2D eigenvalue weighted by Crippen LogP contribution is 2.31. The normalized spacial score (nSPS) is 13.4. The summed E-state index contributed by atoms with van der Waals surface area (Å²) < 4.78 is 0. The van der Waals surface area contributed by atoms with E-state index in [1.165, 1.54) is 11.8 Å². The molecule has 122 valence electrons. The average molecular weight is 389 g/mol. The highest BCUT2D eigenvalue weighted by Gasteiger charge is 2.19. The third-order valence-electron chi connectivity index (χ3n) is 3.30. The molecule has 0 aliphatic carbocycles. The van der Waals surface area contributed by atoms with E-state index in [-0.39, 0.29) is 17.2 Å². The maximum atomic E-state index is 12.4. The summed E-state index contributed by atoms with van der Waals surface area (Å²) in [7, 11) is 0. The van der Waals surface area contributed by atoms with E-state index in [1.807, 2.05) is 44.2 Å². The minimum Gasteiger partial charge on any atom is -0.349 e. The molecule has 2 nitrogen and oxygen atoms in total. The second-order valence-electron chi connectivity index (χ2n) is 5.09. The number of hydrogen-bond donors (Lipinski definition) is 1. The van der Waals surface area contributed by atoms with Crippen LogP contribution in [-0.4, -0.2) is 11.2 Å². The van der Waals surface area contributed by atoms with E-state index in [1.54, 1.807) is 12.1 Å². The van der Waals surface area contributed by atoms with Gasteiger partial charge in [-0.2, -0.15) is 0 Å². The van der Waals surface area contributed by atoms with Crippen LogP contribution in [0.15, 0.2) is 47.4 Å². The molecule has 6 heteroatoms. The van der Waals surface area contributed by atoms with E-state index in [9.17, 15) is 4.79 Å². The summed E-state index contributed by atoms with van der Waals surface area (Å²) >= 11 is 19.6. The van der Waals surface area contributed by atoms with Crippen molar-refractivity contribution in [1.82, 2.24) is 5.32 Å². The quantitative estimate of drug-likeness (QED) is 0.636. The molecule has 0 spiro atoms. The third-order valence-corrected chi connectivity index (χ3v) is 5.48. The van der Waals surface area contributed by atoms with Crippen molar-refractivity contribution < 1.29 is 4.79 Å². The first-order valence-corrected chi connectivity index (χ1v) is 9.06. The minimum atomic E-state index is -0.275. The van der Waals surface area contributed by atoms with E-state index < -0.39 is 0 Å². The zero-order valence-corrected chi connectivity index (χ0v) is 15.7. The van der Waals surface area contributed by atoms with Gasteiger partial charge < -0.3 is 5.32 Å². The lowest BCUT2D eigenvalue weighted by Gasteiger charge is -2.19. The second-order valence-corrected chi connectivity index (χ2v) is 7.72. The van der Waals surface area contributed by atoms with Crippen LogP contribution in [-0.2, 0) is 4.79 Å². The molecule has 0 aliphatic rings. The summed E-state index contributed by atoms with van der Waals surface area (Å²) in [5.74, 6) is -0.0755. The van der Waals surface area contributed by atoms with E-state index >= 15 is 0 Å². The first kappa shape index (κ1) is 18.5. The summed E-state index contributed by atoms with van der Waals surface area (Å²) in [6.45, 7) is 3.74. The SMILES string of the molecule is C[C@H](NC(=O)[C@@H](C)Sc1ccccc1Cl)c1ccc(Cl)cc1Cl. The topological polar surface area (TPSA) is 29.1 Å². The van der Waals surface area contributed by atoms with E-state index in [0.29, 0.717) is 15.1 Å². The number of benzene rings is 2. The molecule has 0 saturated carbocycles. The molecule has 2 rings (SSSR count). The van der Waals surface area contributed by atoms with Gasteiger partial charge in [0, 0.05) is 14.9 Å². The average Bonchev–Trinajstić information content (AvgIpc) is 2.49. The van der Waals surface area contributed by atoms with Crippen LogP contribution in [0.5, 0.6) is 0 Å². The van der Waals surface area contributed by atoms with Crippen molar-refractivity contribution >= 4 is 52.5 Å². The van der Waals surface area contributed by atoms with Gasteiger partial charge in [0.2, 0.25) is 5.91 Å². The smallest absolute Gasteiger partial charge is 0.233 e. The number of rotatable bonds is 5. The fourth-order valence-electron chi connectivity index (χ4n) is 2.05. The maximum Gasteiger partial charge on any atom is 0.233 e. The molecule has 0 heterocycles. The Morgan fingerprint density at radius 1 is 1.04 bits per heavy atom. The lowest BCUT2D eigenvalue weighted by Crippen LogP contribution is -2.33. The Hall–Kier alpha value is -0.870. The number of hydrogen-bond acceptors (Lipinski definition) is 2. The van der Waals surface area contributed by atoms with Gasteiger partial charge in [-0.05, 0) is 43.7 Å². The number of carbonyl (C=O) groups is 1. The first-order chi connectivity index (χ1) is 10.9. The standard InChI is InChI=1S/C17H16Cl3NOS/c1-10(13-8-7-12(18)9-15(13)20)21-17(22)11(2)23-16-6-4-3-5-14(16)19/h3-11H,1-2H3,(H,21,22)/t10-,11+/m0/s1. The number of thioether (sulfide) groups is 1. The van der Waals surface area contributed by atoms with Gasteiger partial charge in [-0.1, -0.05) is 53.0 Å². The molecule has 1 amide bonds. The molecule has 0 aliphatic heterocycles. The lowest BCUT2D eigenvalue weighted by molar-refractivity contribution is -0.120. The highest BCUT2D eigenvalue weighted by atomic mass is 35.5. The lowest BCUT2D eigenvalue weighted by atomic mass is 10.1. The van der Waals surface area contributed by atoms with Gasteiger partial charge in [-0.3, -0.25) is 4.79 Å². The molecule has 2 atom stereocenters. The third kappa shape index (κ3) is 5.05. The number of amides is 1. The van der Waals surface area contributed by atoms with Crippen LogP contribution < -0.4 is 5.32 Å². The molecule has 1 N–H and O–H groups in total. The van der Waals surface area contributed by atoms with Crippen molar-refractivity contribution in [1.29, 1.82) is 0 Å². The van der Waals surface area contributed by atoms with Crippen molar-refractivity contribution in [3.8, 4) is 0 Å². The van der Waals surface area contributed by atoms with Gasteiger partial charge in [-0.15, -0.1) is 11.8 Å². The molecule has 0 radical (unpaired) electrons. The molecule has 2 aromatic carbocycles. The monoisotopic (exact) mass is 387 g/mol. The van der Waals surface area contributed by atoms with Crippen LogP contribution in [0.25, 0.3) is 0 Å². The van der Waals surface area contributed by atoms with Crippen molar-refractivity contribution in [2.45, 2.75) is 30.0 Å². The summed E-state index contributed by atoms with van der Waals surface area (Å²) in [4.78, 5) is 13.3. The number of nitrogens with one attached hydrogen (secondary N) is 1. The molecule has 0 aromatic heterocycles. The second kappa shape index (κ2) is 8.29. The summed E-state index contributed by atoms with van der Waals surface area (Å²) in [6.07, 6.45) is 0. The van der Waals surface area contributed by atoms with Gasteiger partial charge in [0.25, 0.3) is 0 Å². The molecule has 23 heavy (non-hydrogen) atoms. The largest absolute Gasteiger partial charge is 0.349 e. The van der Waals surface area contributed by atoms with Gasteiger partial charge in [0.05, 0.1) is 16.3 Å². The van der Waals surface area contributed by atoms with Crippen LogP contribution >= 0.6 is 46.6 Å². The first-order valence-electron chi connectivity index (χ1n) is 7.05. The molecule has 0 bridgehead atoms. The van der Waals surface area contributed by atoms with Gasteiger partial charge in [-0.25, -0.2) is 0 Å². The minimum absolute atomic E-state index is 0.0755. The van der Waals surface area contributed by atoms with Gasteiger partial charge >= 0.3 is 0 Å². The van der Waals surface area contributed by atoms with Crippen LogP contribution in [0.4, 0.5) is 0 Å². The van der Waals surface area contributed by atoms with Crippen LogP contribution in [0.3, 0.4) is 0 Å². The Bertz CT molecular complexity index is 708. The predicted octanol–water partition coefficient (Wildman–Crippen LogP) is 6.00. The molecule has 2 aromatic rings. The Morgan fingerprint density at radius 2 is 1.74 bits per heavy atom. The van der Waals surface area contributed by atoms with Gasteiger partial charge in [0.15, 0.2) is 0 Å². The van der Waals surface area contributed by atoms with Crippen LogP contribution in [0, 0.1) is 0 Å². The maximum absolute atomic E-state index is 12.4. The predicted molar refractivity (Wildman–Crippen MR) is 99.8 cm³/mol. The Balaban J connectivity index is 2.01. The number of carbonyl (C=O) groups excluding carboxylic acids is 1. The molecule has 0 unspecified atom stereocenters. The van der Waals surface area contributed by atoms with Crippen molar-refractivity contribution in [3.05, 3.63) is 63.1 Å². The molecule has 0 fully saturated rings. The number of halogens is 3. The fraction of sp³-hybridized carbons (Fsp3) is 0.235. The van der Waals surface area contributed by atoms with Crippen LogP contribution in [0.1, 0.15) is 25.5 Å². The zero-order valence-electron chi connectivity index (χ0n) is 12.6. The van der Waals surface area contributed by atoms with Crippen molar-refractivity contribution in [2.24, 2.45) is 0 Å². The van der Waals surface area contributed by atoms with E-state index in [2.05, 4.69) is 5.32 Å². The zero-order chi connectivity index (χ0) is 17.0. The molecule has 0 saturated heterocycles. The molecular weight excluding hydrogens is 373 g/mol. The highest BCUT2D eigenvalue weighted by molar-refractivity contribution is 8.00. The van der Waals surface area contributed by atoms with Crippen molar-refractivity contribution in [3.63, 3.8) is 0 Å². The molecular formula is C17H16Cl3NOS. The summed E-state index contributed by atoms with van der Waals surface area (Å²) in [5, 5.41) is 4.44. The Kier molecular flexibility index (Phi) is 6.66. The summed E-state index contributed by atoms with van der Waals surface area (Å²) in [5.41, 5.74) is 0.833. The van der Waals surface area contributed by atoms with E-state index in [0.717, 1.165) is 10.5 Å². The van der Waals surface area contributed by atoms with Crippen LogP contribution in [0.2, 0.25) is 15.1 Å². The van der Waals surface area contributed by atoms with E-state index in [4.69, 9.17) is 34.8 Å². The Morgan fingerprint density at radius 3 is 2.39 bits per heavy atom. The van der Waals surface area contributed by atoms with Gasteiger partial charge in [0.1, 0.15) is 0 Å². The fourth-order valence-corrected chi connectivity index (χ4v) is 3.78. The Labute approximate surface area is 155 Å². The summed E-state index contributed by atoms with van der Waals surface area (Å²) in [6, 6.07) is 12.5.